The Morgan fingerprint density at radius 2 is 1.89 bits per heavy atom. The van der Waals surface area contributed by atoms with Crippen molar-refractivity contribution in [3.63, 3.8) is 0 Å². The number of hydrogen-bond donors (Lipinski definition) is 1. The Balaban J connectivity index is 2.17. The van der Waals surface area contributed by atoms with E-state index in [2.05, 4.69) is 5.32 Å². The number of nitrogens with one attached hydrogen (secondary N) is 1. The van der Waals surface area contributed by atoms with E-state index >= 15 is 0 Å². The topological polar surface area (TPSA) is 85.7 Å². The van der Waals surface area contributed by atoms with Crippen LogP contribution < -0.4 is 5.32 Å². The van der Waals surface area contributed by atoms with Gasteiger partial charge in [0, 0.05) is 13.1 Å². The predicted octanol–water partition coefficient (Wildman–Crippen LogP) is 2.34. The smallest absolute Gasteiger partial charge is 0.410 e. The van der Waals surface area contributed by atoms with Gasteiger partial charge in [-0.15, -0.1) is 0 Å². The molecule has 1 aliphatic carbocycles. The van der Waals surface area contributed by atoms with Crippen LogP contribution in [-0.4, -0.2) is 65.9 Å². The number of carbonyl (C=O) groups excluding carboxylic acids is 2. The fraction of sp³-hybridized carbons (Fsp3) is 0.737. The summed E-state index contributed by atoms with van der Waals surface area (Å²) in [5.41, 5.74) is -0.806. The quantitative estimate of drug-likeness (QED) is 0.812. The first-order chi connectivity index (χ1) is 12.5. The average molecular weight is 380 g/mol. The predicted molar refractivity (Wildman–Crippen MR) is 98.3 cm³/mol. The molecule has 0 saturated heterocycles. The van der Waals surface area contributed by atoms with Crippen LogP contribution in [0, 0.1) is 11.3 Å². The Hall–Kier alpha value is -2.14. The van der Waals surface area contributed by atoms with Crippen LogP contribution in [0.1, 0.15) is 46.5 Å². The van der Waals surface area contributed by atoms with Crippen molar-refractivity contribution in [2.45, 2.75) is 76.5 Å². The van der Waals surface area contributed by atoms with Gasteiger partial charge in [0.05, 0.1) is 6.04 Å². The van der Waals surface area contributed by atoms with Crippen LogP contribution in [0.5, 0.6) is 0 Å². The summed E-state index contributed by atoms with van der Waals surface area (Å²) in [7, 11) is 3.44. The normalized spacial score (nSPS) is 28.8. The molecule has 0 radical (unpaired) electrons. The number of halogens is 1. The number of hydrogen-bond acceptors (Lipinski definition) is 5. The summed E-state index contributed by atoms with van der Waals surface area (Å²) < 4.78 is 20.1. The van der Waals surface area contributed by atoms with Crippen LogP contribution in [0.2, 0.25) is 0 Å². The number of nitriles is 1. The molecule has 150 valence electrons. The summed E-state index contributed by atoms with van der Waals surface area (Å²) >= 11 is 0. The molecule has 1 saturated carbocycles. The van der Waals surface area contributed by atoms with E-state index in [1.807, 2.05) is 20.8 Å². The third kappa shape index (κ3) is 4.98. The fourth-order valence-electron chi connectivity index (χ4n) is 3.73. The molecular weight excluding hydrogens is 351 g/mol. The van der Waals surface area contributed by atoms with E-state index < -0.39 is 29.9 Å². The van der Waals surface area contributed by atoms with Gasteiger partial charge in [0.15, 0.2) is 6.17 Å². The van der Waals surface area contributed by atoms with Gasteiger partial charge in [-0.1, -0.05) is 12.8 Å². The Morgan fingerprint density at radius 3 is 2.44 bits per heavy atom. The second-order valence-corrected chi connectivity index (χ2v) is 8.23. The first-order valence-electron chi connectivity index (χ1n) is 9.29. The standard InChI is InChI=1S/C19H29FN4O3/c1-19(2,3)27-18(26)24(5)15-9-7-6-8-14(15)23(4)16-13(20)10-12(11-21)17(25)22-16/h10,13-16H,6-9H2,1-5H3,(H,22,25)/t13?,14-,15+,16?/m1/s1. The Kier molecular flexibility index (Phi) is 6.47. The Labute approximate surface area is 160 Å². The molecule has 4 atom stereocenters. The molecule has 0 bridgehead atoms. The number of likely N-dealkylation sites (N-methyl/N-ethyl adjacent to an activating group) is 2. The van der Waals surface area contributed by atoms with Crippen LogP contribution >= 0.6 is 0 Å². The zero-order valence-electron chi connectivity index (χ0n) is 16.7. The number of rotatable bonds is 3. The molecule has 2 amide bonds. The van der Waals surface area contributed by atoms with Crippen molar-refractivity contribution in [3.05, 3.63) is 11.6 Å². The molecule has 2 unspecified atom stereocenters. The molecule has 27 heavy (non-hydrogen) atoms. The molecule has 1 aliphatic heterocycles. The van der Waals surface area contributed by atoms with Gasteiger partial charge in [-0.25, -0.2) is 9.18 Å². The maximum Gasteiger partial charge on any atom is 0.410 e. The summed E-state index contributed by atoms with van der Waals surface area (Å²) in [6.07, 6.45) is 1.79. The molecule has 1 fully saturated rings. The lowest BCUT2D eigenvalue weighted by atomic mass is 9.87. The highest BCUT2D eigenvalue weighted by atomic mass is 19.1. The molecule has 0 aromatic carbocycles. The van der Waals surface area contributed by atoms with Crippen molar-refractivity contribution < 1.29 is 18.7 Å². The molecule has 2 rings (SSSR count). The van der Waals surface area contributed by atoms with E-state index in [9.17, 15) is 14.0 Å². The largest absolute Gasteiger partial charge is 0.444 e. The van der Waals surface area contributed by atoms with Crippen LogP contribution in [0.25, 0.3) is 0 Å². The summed E-state index contributed by atoms with van der Waals surface area (Å²) in [5.74, 6) is -0.573. The number of alkyl halides is 1. The van der Waals surface area contributed by atoms with Gasteiger partial charge in [0.1, 0.15) is 23.4 Å². The van der Waals surface area contributed by atoms with Crippen molar-refractivity contribution in [2.75, 3.05) is 14.1 Å². The van der Waals surface area contributed by atoms with E-state index in [-0.39, 0.29) is 17.7 Å². The second-order valence-electron chi connectivity index (χ2n) is 8.23. The lowest BCUT2D eigenvalue weighted by Gasteiger charge is -2.46. The fourth-order valence-corrected chi connectivity index (χ4v) is 3.73. The molecule has 1 N–H and O–H groups in total. The zero-order chi connectivity index (χ0) is 20.4. The van der Waals surface area contributed by atoms with Gasteiger partial charge in [0.2, 0.25) is 0 Å². The molecule has 0 spiro atoms. The maximum absolute atomic E-state index is 14.6. The van der Waals surface area contributed by atoms with Gasteiger partial charge < -0.3 is 15.0 Å². The highest BCUT2D eigenvalue weighted by Crippen LogP contribution is 2.29. The third-order valence-corrected chi connectivity index (χ3v) is 5.11. The summed E-state index contributed by atoms with van der Waals surface area (Å²) in [6, 6.07) is 1.43. The molecule has 2 aliphatic rings. The minimum absolute atomic E-state index is 0.128. The Morgan fingerprint density at radius 1 is 1.30 bits per heavy atom. The van der Waals surface area contributed by atoms with E-state index in [4.69, 9.17) is 10.00 Å². The van der Waals surface area contributed by atoms with Crippen LogP contribution in [0.4, 0.5) is 9.18 Å². The highest BCUT2D eigenvalue weighted by Gasteiger charge is 2.41. The second kappa shape index (κ2) is 8.26. The van der Waals surface area contributed by atoms with Gasteiger partial charge in [-0.05, 0) is 46.7 Å². The number of nitrogens with zero attached hydrogens (tertiary/aromatic N) is 3. The molecule has 8 heteroatoms. The summed E-state index contributed by atoms with van der Waals surface area (Å²) in [6.45, 7) is 5.44. The molecular formula is C19H29FN4O3. The van der Waals surface area contributed by atoms with Crippen molar-refractivity contribution in [1.29, 1.82) is 5.26 Å². The van der Waals surface area contributed by atoms with Crippen molar-refractivity contribution in [2.24, 2.45) is 0 Å². The zero-order valence-corrected chi connectivity index (χ0v) is 16.7. The SMILES string of the molecule is CN(C(=O)OC(C)(C)C)[C@H]1CCCC[C@H]1N(C)C1NC(=O)C(C#N)=CC1F. The van der Waals surface area contributed by atoms with Gasteiger partial charge in [0.25, 0.3) is 5.91 Å². The van der Waals surface area contributed by atoms with Gasteiger partial charge in [-0.3, -0.25) is 9.69 Å². The van der Waals surface area contributed by atoms with Crippen LogP contribution in [0.15, 0.2) is 11.6 Å². The lowest BCUT2D eigenvalue weighted by Crippen LogP contribution is -2.62. The van der Waals surface area contributed by atoms with Crippen LogP contribution in [-0.2, 0) is 9.53 Å². The first kappa shape index (κ1) is 21.2. The van der Waals surface area contributed by atoms with E-state index in [0.29, 0.717) is 0 Å². The minimum Gasteiger partial charge on any atom is -0.444 e. The van der Waals surface area contributed by atoms with Crippen LogP contribution in [0.3, 0.4) is 0 Å². The molecule has 1 heterocycles. The summed E-state index contributed by atoms with van der Waals surface area (Å²) in [4.78, 5) is 27.8. The molecule has 0 aromatic rings. The minimum atomic E-state index is -1.49. The number of amides is 2. The van der Waals surface area contributed by atoms with E-state index in [0.717, 1.165) is 31.8 Å². The van der Waals surface area contributed by atoms with Gasteiger partial charge in [-0.2, -0.15) is 5.26 Å². The maximum atomic E-state index is 14.6. The number of carbonyl (C=O) groups is 2. The monoisotopic (exact) mass is 380 g/mol. The molecule has 0 aromatic heterocycles. The van der Waals surface area contributed by atoms with Gasteiger partial charge >= 0.3 is 6.09 Å². The number of ether oxygens (including phenoxy) is 1. The Bertz CT molecular complexity index is 652. The molecule has 7 nitrogen and oxygen atoms in total. The third-order valence-electron chi connectivity index (χ3n) is 5.11. The highest BCUT2D eigenvalue weighted by molar-refractivity contribution is 5.98. The van der Waals surface area contributed by atoms with Crippen molar-refractivity contribution >= 4 is 12.0 Å². The van der Waals surface area contributed by atoms with E-state index in [1.54, 1.807) is 30.0 Å². The van der Waals surface area contributed by atoms with Crippen molar-refractivity contribution in [3.8, 4) is 6.07 Å². The lowest BCUT2D eigenvalue weighted by molar-refractivity contribution is -0.121. The summed E-state index contributed by atoms with van der Waals surface area (Å²) in [5, 5.41) is 11.5. The first-order valence-corrected chi connectivity index (χ1v) is 9.29. The average Bonchev–Trinajstić information content (AvgIpc) is 2.60. The van der Waals surface area contributed by atoms with Crippen molar-refractivity contribution in [1.82, 2.24) is 15.1 Å². The van der Waals surface area contributed by atoms with E-state index in [1.165, 1.54) is 0 Å².